The average Bonchev–Trinajstić information content (AvgIpc) is 3.01. The van der Waals surface area contributed by atoms with E-state index in [1.54, 1.807) is 14.0 Å². The number of hydrogen-bond donors (Lipinski definition) is 1. The molecular formula is C33H64O11. The van der Waals surface area contributed by atoms with E-state index >= 15 is 0 Å². The average molecular weight is 637 g/mol. The lowest BCUT2D eigenvalue weighted by atomic mass is 9.84. The molecule has 0 aromatic rings. The van der Waals surface area contributed by atoms with Crippen LogP contribution in [0.25, 0.3) is 0 Å². The van der Waals surface area contributed by atoms with Gasteiger partial charge in [-0.1, -0.05) is 78.6 Å². The van der Waals surface area contributed by atoms with E-state index in [1.807, 2.05) is 0 Å². The number of methoxy groups -OCH3 is 1. The minimum absolute atomic E-state index is 0.0830. The molecule has 11 nitrogen and oxygen atoms in total. The van der Waals surface area contributed by atoms with Crippen LogP contribution in [-0.4, -0.2) is 117 Å². The minimum Gasteiger partial charge on any atom is -0.481 e. The van der Waals surface area contributed by atoms with Crippen LogP contribution in [0.1, 0.15) is 85.0 Å². The second-order valence-corrected chi connectivity index (χ2v) is 11.2. The van der Waals surface area contributed by atoms with Crippen LogP contribution in [0.3, 0.4) is 0 Å². The lowest BCUT2D eigenvalue weighted by molar-refractivity contribution is -0.158. The SMILES string of the molecule is CCCCCCCCCCC(C)CC(C(=O)O)C(C)C(=O)OCCOCCOCCOCCOCCOCCOCCOC. The summed E-state index contributed by atoms with van der Waals surface area (Å²) in [6, 6.07) is 0. The third-order valence-corrected chi connectivity index (χ3v) is 7.26. The largest absolute Gasteiger partial charge is 0.481 e. The monoisotopic (exact) mass is 636 g/mol. The fourth-order valence-electron chi connectivity index (χ4n) is 4.54. The molecule has 0 spiro atoms. The van der Waals surface area contributed by atoms with Crippen LogP contribution in [0.2, 0.25) is 0 Å². The number of hydrogen-bond acceptors (Lipinski definition) is 10. The molecule has 0 bridgehead atoms. The second kappa shape index (κ2) is 33.0. The first-order chi connectivity index (χ1) is 21.4. The Balaban J connectivity index is 3.66. The zero-order valence-corrected chi connectivity index (χ0v) is 28.2. The number of carbonyl (C=O) groups excluding carboxylic acids is 1. The molecule has 1 N–H and O–H groups in total. The van der Waals surface area contributed by atoms with Gasteiger partial charge in [0.1, 0.15) is 6.61 Å². The van der Waals surface area contributed by atoms with Crippen molar-refractivity contribution >= 4 is 11.9 Å². The van der Waals surface area contributed by atoms with Crippen LogP contribution in [-0.2, 0) is 47.5 Å². The quantitative estimate of drug-likeness (QED) is 0.0731. The van der Waals surface area contributed by atoms with Gasteiger partial charge in [0.15, 0.2) is 0 Å². The molecule has 0 aliphatic carbocycles. The molecule has 11 heteroatoms. The van der Waals surface area contributed by atoms with E-state index in [4.69, 9.17) is 37.9 Å². The highest BCUT2D eigenvalue weighted by Crippen LogP contribution is 2.25. The van der Waals surface area contributed by atoms with Crippen molar-refractivity contribution in [3.63, 3.8) is 0 Å². The normalized spacial score (nSPS) is 13.5. The van der Waals surface area contributed by atoms with E-state index in [0.717, 1.165) is 12.8 Å². The molecule has 0 saturated carbocycles. The van der Waals surface area contributed by atoms with Gasteiger partial charge in [-0.2, -0.15) is 0 Å². The Hall–Kier alpha value is -1.34. The highest BCUT2D eigenvalue weighted by atomic mass is 16.6. The molecule has 0 heterocycles. The Morgan fingerprint density at radius 1 is 0.568 bits per heavy atom. The van der Waals surface area contributed by atoms with Crippen molar-refractivity contribution in [2.45, 2.75) is 85.0 Å². The molecule has 44 heavy (non-hydrogen) atoms. The maximum absolute atomic E-state index is 12.5. The van der Waals surface area contributed by atoms with E-state index in [9.17, 15) is 14.7 Å². The first-order valence-electron chi connectivity index (χ1n) is 16.8. The molecule has 0 aromatic heterocycles. The van der Waals surface area contributed by atoms with Gasteiger partial charge in [0.25, 0.3) is 0 Å². The number of esters is 1. The summed E-state index contributed by atoms with van der Waals surface area (Å²) in [7, 11) is 1.64. The topological polar surface area (TPSA) is 128 Å². The summed E-state index contributed by atoms with van der Waals surface area (Å²) in [4.78, 5) is 24.4. The Kier molecular flexibility index (Phi) is 32.0. The zero-order valence-electron chi connectivity index (χ0n) is 28.2. The molecule has 0 aliphatic rings. The van der Waals surface area contributed by atoms with Gasteiger partial charge in [-0.15, -0.1) is 0 Å². The maximum atomic E-state index is 12.5. The number of aliphatic carboxylic acids is 1. The first-order valence-corrected chi connectivity index (χ1v) is 16.8. The summed E-state index contributed by atoms with van der Waals surface area (Å²) in [5, 5.41) is 9.73. The van der Waals surface area contributed by atoms with Crippen LogP contribution in [0.4, 0.5) is 0 Å². The van der Waals surface area contributed by atoms with E-state index < -0.39 is 23.8 Å². The van der Waals surface area contributed by atoms with Gasteiger partial charge in [0.2, 0.25) is 0 Å². The zero-order chi connectivity index (χ0) is 32.5. The molecule has 3 unspecified atom stereocenters. The summed E-state index contributed by atoms with van der Waals surface area (Å²) in [6.07, 6.45) is 11.5. The summed E-state index contributed by atoms with van der Waals surface area (Å²) >= 11 is 0. The number of unbranched alkanes of at least 4 members (excludes halogenated alkanes) is 7. The second-order valence-electron chi connectivity index (χ2n) is 11.2. The predicted molar refractivity (Wildman–Crippen MR) is 169 cm³/mol. The third kappa shape index (κ3) is 28.2. The lowest BCUT2D eigenvalue weighted by Crippen LogP contribution is -2.31. The molecule has 262 valence electrons. The van der Waals surface area contributed by atoms with Gasteiger partial charge in [-0.05, 0) is 12.3 Å². The molecule has 0 radical (unpaired) electrons. The van der Waals surface area contributed by atoms with Gasteiger partial charge in [0.05, 0.1) is 97.7 Å². The van der Waals surface area contributed by atoms with Gasteiger partial charge in [-0.3, -0.25) is 9.59 Å². The van der Waals surface area contributed by atoms with Gasteiger partial charge in [-0.25, -0.2) is 0 Å². The number of carboxylic acid groups (broad SMARTS) is 1. The Bertz CT molecular complexity index is 635. The highest BCUT2D eigenvalue weighted by Gasteiger charge is 2.32. The van der Waals surface area contributed by atoms with Crippen molar-refractivity contribution in [1.82, 2.24) is 0 Å². The summed E-state index contributed by atoms with van der Waals surface area (Å²) in [5.41, 5.74) is 0. The van der Waals surface area contributed by atoms with Crippen LogP contribution in [0, 0.1) is 17.8 Å². The molecule has 0 aromatic carbocycles. The molecular weight excluding hydrogens is 572 g/mol. The van der Waals surface area contributed by atoms with E-state index in [2.05, 4.69) is 13.8 Å². The van der Waals surface area contributed by atoms with Crippen LogP contribution >= 0.6 is 0 Å². The van der Waals surface area contributed by atoms with Gasteiger partial charge in [0, 0.05) is 7.11 Å². The molecule has 0 aliphatic heterocycles. The molecule has 0 saturated heterocycles. The van der Waals surface area contributed by atoms with Crippen molar-refractivity contribution in [1.29, 1.82) is 0 Å². The molecule has 3 atom stereocenters. The number of ether oxygens (including phenoxy) is 8. The Morgan fingerprint density at radius 2 is 0.955 bits per heavy atom. The van der Waals surface area contributed by atoms with E-state index in [0.29, 0.717) is 85.7 Å². The van der Waals surface area contributed by atoms with Crippen LogP contribution in [0.15, 0.2) is 0 Å². The lowest BCUT2D eigenvalue weighted by Gasteiger charge is -2.22. The maximum Gasteiger partial charge on any atom is 0.309 e. The summed E-state index contributed by atoms with van der Waals surface area (Å²) in [6.45, 7) is 12.1. The van der Waals surface area contributed by atoms with Crippen molar-refractivity contribution in [3.8, 4) is 0 Å². The standard InChI is InChI=1S/C33H64O11/c1-5-6-7-8-9-10-11-12-13-29(2)28-31(32(34)35)30(3)33(36)44-27-26-43-25-24-42-23-22-41-21-20-40-19-18-39-17-16-38-15-14-37-4/h29-31H,5-28H2,1-4H3,(H,34,35). The van der Waals surface area contributed by atoms with E-state index in [-0.39, 0.29) is 19.1 Å². The number of carbonyl (C=O) groups is 2. The van der Waals surface area contributed by atoms with Gasteiger partial charge >= 0.3 is 11.9 Å². The van der Waals surface area contributed by atoms with Crippen molar-refractivity contribution in [2.75, 3.05) is 99.6 Å². The number of carboxylic acids is 1. The van der Waals surface area contributed by atoms with Crippen LogP contribution < -0.4 is 0 Å². The third-order valence-electron chi connectivity index (χ3n) is 7.26. The summed E-state index contributed by atoms with van der Waals surface area (Å²) < 4.78 is 42.7. The van der Waals surface area contributed by atoms with E-state index in [1.165, 1.54) is 44.9 Å². The molecule has 0 fully saturated rings. The fraction of sp³-hybridized carbons (Fsp3) is 0.939. The number of rotatable bonds is 35. The van der Waals surface area contributed by atoms with Crippen molar-refractivity contribution in [2.24, 2.45) is 17.8 Å². The minimum atomic E-state index is -0.941. The Morgan fingerprint density at radius 3 is 1.36 bits per heavy atom. The molecule has 0 rings (SSSR count). The van der Waals surface area contributed by atoms with Crippen LogP contribution in [0.5, 0.6) is 0 Å². The fourth-order valence-corrected chi connectivity index (χ4v) is 4.54. The smallest absolute Gasteiger partial charge is 0.309 e. The highest BCUT2D eigenvalue weighted by molar-refractivity contribution is 5.80. The van der Waals surface area contributed by atoms with Crippen molar-refractivity contribution in [3.05, 3.63) is 0 Å². The predicted octanol–water partition coefficient (Wildman–Crippen LogP) is 5.17. The van der Waals surface area contributed by atoms with Crippen molar-refractivity contribution < 1.29 is 52.6 Å². The Labute approximate surface area is 266 Å². The summed E-state index contributed by atoms with van der Waals surface area (Å²) in [5.74, 6) is -2.63. The molecule has 0 amide bonds. The first kappa shape index (κ1) is 42.7. The van der Waals surface area contributed by atoms with Gasteiger partial charge < -0.3 is 43.0 Å².